The zero-order valence-corrected chi connectivity index (χ0v) is 17.9. The van der Waals surface area contributed by atoms with E-state index in [1.807, 2.05) is 42.2 Å². The van der Waals surface area contributed by atoms with E-state index in [0.29, 0.717) is 17.5 Å². The first-order valence-electron chi connectivity index (χ1n) is 10.3. The van der Waals surface area contributed by atoms with Gasteiger partial charge < -0.3 is 11.1 Å². The van der Waals surface area contributed by atoms with E-state index in [4.69, 9.17) is 11.0 Å². The fourth-order valence-electron chi connectivity index (χ4n) is 4.10. The van der Waals surface area contributed by atoms with Crippen molar-refractivity contribution in [3.05, 3.63) is 47.4 Å². The third-order valence-corrected chi connectivity index (χ3v) is 6.97. The molecule has 0 aromatic carbocycles. The molecule has 0 bridgehead atoms. The lowest BCUT2D eigenvalue weighted by molar-refractivity contribution is 0.393. The highest BCUT2D eigenvalue weighted by Gasteiger charge is 2.24. The molecule has 1 fully saturated rings. The molecule has 0 atom stereocenters. The lowest BCUT2D eigenvalue weighted by Crippen LogP contribution is -2.25. The maximum Gasteiger partial charge on any atom is 0.151 e. The molecule has 1 aliphatic rings. The Bertz CT molecular complexity index is 1280. The van der Waals surface area contributed by atoms with E-state index in [9.17, 15) is 0 Å². The maximum absolute atomic E-state index is 9.09. The minimum Gasteiger partial charge on any atom is -0.387 e. The number of fused-ring (bicyclic) bond motifs is 1. The number of anilines is 1. The largest absolute Gasteiger partial charge is 0.387 e. The van der Waals surface area contributed by atoms with Crippen LogP contribution in [0.4, 0.5) is 5.69 Å². The summed E-state index contributed by atoms with van der Waals surface area (Å²) in [5.74, 6) is 1.19. The molecule has 31 heavy (non-hydrogen) atoms. The van der Waals surface area contributed by atoms with Crippen LogP contribution in [-0.2, 0) is 0 Å². The molecule has 4 heterocycles. The number of nitriles is 1. The van der Waals surface area contributed by atoms with Gasteiger partial charge in [-0.25, -0.2) is 9.97 Å². The summed E-state index contributed by atoms with van der Waals surface area (Å²) >= 11 is 1.64. The topological polar surface area (TPSA) is 118 Å². The summed E-state index contributed by atoms with van der Waals surface area (Å²) in [4.78, 5) is 9.11. The highest BCUT2D eigenvalue weighted by Crippen LogP contribution is 2.38. The Morgan fingerprint density at radius 2 is 2.00 bits per heavy atom. The van der Waals surface area contributed by atoms with Gasteiger partial charge in [0.05, 0.1) is 11.1 Å². The summed E-state index contributed by atoms with van der Waals surface area (Å²) in [6.45, 7) is 0. The molecule has 0 aliphatic heterocycles. The smallest absolute Gasteiger partial charge is 0.151 e. The number of nitrogens with one attached hydrogen (secondary N) is 1. The summed E-state index contributed by atoms with van der Waals surface area (Å²) in [6.07, 6.45) is 9.57. The maximum atomic E-state index is 9.09. The molecule has 0 spiro atoms. The van der Waals surface area contributed by atoms with Crippen molar-refractivity contribution in [1.29, 1.82) is 5.26 Å². The molecule has 0 saturated heterocycles. The van der Waals surface area contributed by atoms with Gasteiger partial charge in [0.25, 0.3) is 0 Å². The normalized spacial score (nSPS) is 18.7. The molecule has 5 rings (SSSR count). The Kier molecular flexibility index (Phi) is 5.10. The van der Waals surface area contributed by atoms with Crippen LogP contribution in [0.1, 0.15) is 42.2 Å². The van der Waals surface area contributed by atoms with Crippen LogP contribution in [0.3, 0.4) is 0 Å². The van der Waals surface area contributed by atoms with Crippen LogP contribution in [0.15, 0.2) is 36.8 Å². The lowest BCUT2D eigenvalue weighted by Gasteiger charge is -2.23. The molecule has 1 aliphatic carbocycles. The van der Waals surface area contributed by atoms with Crippen molar-refractivity contribution in [2.24, 2.45) is 5.73 Å². The zero-order chi connectivity index (χ0) is 21.4. The van der Waals surface area contributed by atoms with Gasteiger partial charge in [0.1, 0.15) is 22.5 Å². The third-order valence-electron chi connectivity index (χ3n) is 5.85. The second kappa shape index (κ2) is 8.06. The minimum atomic E-state index is 0.321. The first-order chi connectivity index (χ1) is 15.2. The van der Waals surface area contributed by atoms with Gasteiger partial charge in [-0.15, -0.1) is 10.2 Å². The van der Waals surface area contributed by atoms with E-state index >= 15 is 0 Å². The Morgan fingerprint density at radius 3 is 2.77 bits per heavy atom. The predicted octanol–water partition coefficient (Wildman–Crippen LogP) is 3.84. The van der Waals surface area contributed by atoms with Crippen molar-refractivity contribution < 1.29 is 0 Å². The van der Waals surface area contributed by atoms with Crippen LogP contribution in [0.25, 0.3) is 27.4 Å². The Morgan fingerprint density at radius 1 is 1.16 bits per heavy atom. The molecular formula is C22H22N8S. The lowest BCUT2D eigenvalue weighted by atomic mass is 9.87. The van der Waals surface area contributed by atoms with E-state index in [1.54, 1.807) is 17.5 Å². The SMILES string of the molecule is CNc1cc(-n2ccc3cc(C#N)cnc32)ncc1-c1nnc([C@H]2CC[C@H](N)CC2)s1. The Balaban J connectivity index is 1.47. The van der Waals surface area contributed by atoms with Gasteiger partial charge in [-0.2, -0.15) is 5.26 Å². The highest BCUT2D eigenvalue weighted by molar-refractivity contribution is 7.14. The van der Waals surface area contributed by atoms with Crippen molar-refractivity contribution in [2.75, 3.05) is 12.4 Å². The molecular weight excluding hydrogens is 408 g/mol. The summed E-state index contributed by atoms with van der Waals surface area (Å²) < 4.78 is 1.91. The number of nitrogens with zero attached hydrogens (tertiary/aromatic N) is 6. The van der Waals surface area contributed by atoms with Crippen LogP contribution in [0.2, 0.25) is 0 Å². The van der Waals surface area contributed by atoms with Gasteiger partial charge in [-0.1, -0.05) is 11.3 Å². The van der Waals surface area contributed by atoms with E-state index in [-0.39, 0.29) is 0 Å². The first-order valence-corrected chi connectivity index (χ1v) is 11.1. The van der Waals surface area contributed by atoms with Crippen molar-refractivity contribution in [1.82, 2.24) is 24.7 Å². The first kappa shape index (κ1) is 19.6. The fourth-order valence-corrected chi connectivity index (χ4v) is 5.13. The van der Waals surface area contributed by atoms with Gasteiger partial charge in [-0.05, 0) is 37.8 Å². The highest BCUT2D eigenvalue weighted by atomic mass is 32.1. The van der Waals surface area contributed by atoms with Crippen molar-refractivity contribution in [3.63, 3.8) is 0 Å². The molecule has 4 aromatic rings. The quantitative estimate of drug-likeness (QED) is 0.505. The second-order valence-electron chi connectivity index (χ2n) is 7.83. The average Bonchev–Trinajstić information content (AvgIpc) is 3.46. The molecule has 0 unspecified atom stereocenters. The van der Waals surface area contributed by atoms with E-state index in [0.717, 1.165) is 63.8 Å². The van der Waals surface area contributed by atoms with Crippen molar-refractivity contribution in [2.45, 2.75) is 37.6 Å². The van der Waals surface area contributed by atoms with E-state index in [1.165, 1.54) is 0 Å². The van der Waals surface area contributed by atoms with Crippen LogP contribution in [0, 0.1) is 11.3 Å². The monoisotopic (exact) mass is 430 g/mol. The number of nitrogens with two attached hydrogens (primary N) is 1. The van der Waals surface area contributed by atoms with E-state index in [2.05, 4.69) is 31.6 Å². The van der Waals surface area contributed by atoms with Gasteiger partial charge in [0, 0.05) is 54.7 Å². The standard InChI is InChI=1S/C22H22N8S/c1-25-18-9-19(30-7-6-15-8-13(10-23)11-27-20(15)30)26-12-17(18)22-29-28-21(31-22)14-2-4-16(24)5-3-14/h6-9,11-12,14,16H,2-5,24H2,1H3,(H,25,26)/t14-,16-. The van der Waals surface area contributed by atoms with Gasteiger partial charge in [0.2, 0.25) is 0 Å². The minimum absolute atomic E-state index is 0.321. The summed E-state index contributed by atoms with van der Waals surface area (Å²) in [5.41, 5.74) is 9.19. The number of pyridine rings is 2. The van der Waals surface area contributed by atoms with Gasteiger partial charge in [0.15, 0.2) is 5.01 Å². The molecule has 3 N–H and O–H groups in total. The van der Waals surface area contributed by atoms with Gasteiger partial charge >= 0.3 is 0 Å². The van der Waals surface area contributed by atoms with Crippen molar-refractivity contribution >= 4 is 28.1 Å². The molecule has 8 nitrogen and oxygen atoms in total. The molecule has 4 aromatic heterocycles. The molecule has 0 amide bonds. The molecule has 1 saturated carbocycles. The van der Waals surface area contributed by atoms with Crippen molar-refractivity contribution in [3.8, 4) is 22.5 Å². The summed E-state index contributed by atoms with van der Waals surface area (Å²) in [7, 11) is 1.89. The molecule has 156 valence electrons. The number of hydrogen-bond donors (Lipinski definition) is 2. The third kappa shape index (κ3) is 3.65. The van der Waals surface area contributed by atoms with Crippen LogP contribution in [-0.4, -0.2) is 37.8 Å². The Labute approximate surface area is 183 Å². The molecule has 9 heteroatoms. The fraction of sp³-hybridized carbons (Fsp3) is 0.318. The number of rotatable bonds is 4. The second-order valence-corrected chi connectivity index (χ2v) is 8.84. The van der Waals surface area contributed by atoms with Gasteiger partial charge in [-0.3, -0.25) is 4.57 Å². The van der Waals surface area contributed by atoms with Crippen LogP contribution < -0.4 is 11.1 Å². The Hall–Kier alpha value is -3.35. The number of aromatic nitrogens is 5. The summed E-state index contributed by atoms with van der Waals surface area (Å²) in [6, 6.07) is 8.19. The average molecular weight is 431 g/mol. The van der Waals surface area contributed by atoms with Crippen LogP contribution in [0.5, 0.6) is 0 Å². The number of hydrogen-bond acceptors (Lipinski definition) is 8. The molecule has 0 radical (unpaired) electrons. The van der Waals surface area contributed by atoms with E-state index < -0.39 is 0 Å². The summed E-state index contributed by atoms with van der Waals surface area (Å²) in [5, 5.41) is 24.1. The predicted molar refractivity (Wildman–Crippen MR) is 121 cm³/mol. The zero-order valence-electron chi connectivity index (χ0n) is 17.1. The van der Waals surface area contributed by atoms with Crippen LogP contribution >= 0.6 is 11.3 Å².